The van der Waals surface area contributed by atoms with Gasteiger partial charge < -0.3 is 33.6 Å². The standard InChI is InChI=1S/2C12H11OPS.2CH4.Sn/c2*13-14(15,11-7-3-1-4-8-11)12-9-5-2-6-10-12;;;/h2*1-10H,(H,13,15);2*1H4;/q;;;;+2/p-2. The van der Waals surface area contributed by atoms with Crippen molar-refractivity contribution in [2.24, 2.45) is 0 Å². The van der Waals surface area contributed by atoms with Crippen LogP contribution in [0.4, 0.5) is 0 Å². The second-order valence-electron chi connectivity index (χ2n) is 6.45. The van der Waals surface area contributed by atoms with Crippen molar-refractivity contribution in [2.75, 3.05) is 0 Å². The van der Waals surface area contributed by atoms with Crippen LogP contribution in [0.1, 0.15) is 14.9 Å². The molecule has 0 bridgehead atoms. The van der Waals surface area contributed by atoms with Gasteiger partial charge in [0.05, 0.1) is 0 Å². The number of hydrogen-bond acceptors (Lipinski definition) is 4. The molecule has 0 spiro atoms. The van der Waals surface area contributed by atoms with Gasteiger partial charge >= 0.3 is 23.9 Å². The van der Waals surface area contributed by atoms with Crippen LogP contribution in [0, 0.1) is 0 Å². The van der Waals surface area contributed by atoms with Crippen molar-refractivity contribution >= 4 is 82.3 Å². The van der Waals surface area contributed by atoms with Gasteiger partial charge in [-0.05, 0) is 21.2 Å². The van der Waals surface area contributed by atoms with Crippen molar-refractivity contribution in [2.45, 2.75) is 14.9 Å². The SMILES string of the molecule is C.C.O=P([S-])(c1ccccc1)c1ccccc1.O=P([S-])(c1ccccc1)c1ccccc1.[Sn+2]. The van der Waals surface area contributed by atoms with Gasteiger partial charge in [-0.25, -0.2) is 0 Å². The first kappa shape index (κ1) is 31.8. The van der Waals surface area contributed by atoms with Crippen molar-refractivity contribution in [1.29, 1.82) is 0 Å². The summed E-state index contributed by atoms with van der Waals surface area (Å²) in [6, 6.07) is 37.0. The molecule has 0 aliphatic heterocycles. The van der Waals surface area contributed by atoms with E-state index >= 15 is 0 Å². The molecule has 0 aliphatic carbocycles. The summed E-state index contributed by atoms with van der Waals surface area (Å²) in [4.78, 5) is 0. The molecular weight excluding hydrogens is 589 g/mol. The molecule has 0 amide bonds. The van der Waals surface area contributed by atoms with Crippen molar-refractivity contribution in [3.05, 3.63) is 121 Å². The van der Waals surface area contributed by atoms with Crippen LogP contribution in [0.2, 0.25) is 0 Å². The molecule has 0 unspecified atom stereocenters. The Morgan fingerprint density at radius 3 is 0.697 bits per heavy atom. The molecule has 0 saturated heterocycles. The summed E-state index contributed by atoms with van der Waals surface area (Å²) in [6.07, 6.45) is -5.63. The van der Waals surface area contributed by atoms with Crippen LogP contribution in [-0.2, 0) is 33.6 Å². The topological polar surface area (TPSA) is 34.1 Å². The fourth-order valence-corrected chi connectivity index (χ4v) is 7.11. The van der Waals surface area contributed by atoms with E-state index in [1.165, 1.54) is 0 Å². The molecule has 170 valence electrons. The van der Waals surface area contributed by atoms with Gasteiger partial charge in [0.2, 0.25) is 0 Å². The monoisotopic (exact) mass is 618 g/mol. The molecule has 0 aliphatic rings. The van der Waals surface area contributed by atoms with E-state index in [0.717, 1.165) is 21.2 Å². The molecule has 0 aromatic heterocycles. The molecule has 0 heterocycles. The third-order valence-electron chi connectivity index (χ3n) is 4.38. The Bertz CT molecular complexity index is 978. The zero-order chi connectivity index (χ0) is 21.5. The Morgan fingerprint density at radius 2 is 0.545 bits per heavy atom. The summed E-state index contributed by atoms with van der Waals surface area (Å²) < 4.78 is 24.9. The van der Waals surface area contributed by atoms with E-state index in [1.54, 1.807) is 0 Å². The summed E-state index contributed by atoms with van der Waals surface area (Å²) in [6.45, 7) is 0. The molecular formula is C26H28O2P2S2Sn. The largest absolute Gasteiger partial charge is 2.00 e. The maximum Gasteiger partial charge on any atom is 2.00 e. The molecule has 0 N–H and O–H groups in total. The molecule has 0 atom stereocenters. The van der Waals surface area contributed by atoms with Crippen LogP contribution in [0.3, 0.4) is 0 Å². The average molecular weight is 617 g/mol. The van der Waals surface area contributed by atoms with Crippen LogP contribution in [-0.4, -0.2) is 23.9 Å². The van der Waals surface area contributed by atoms with E-state index in [9.17, 15) is 9.13 Å². The van der Waals surface area contributed by atoms with E-state index in [0.29, 0.717) is 0 Å². The van der Waals surface area contributed by atoms with E-state index in [2.05, 4.69) is 0 Å². The number of hydrogen-bond donors (Lipinski definition) is 0. The average Bonchev–Trinajstić information content (AvgIpc) is 2.82. The van der Waals surface area contributed by atoms with Crippen LogP contribution >= 0.6 is 12.7 Å². The normalized spacial score (nSPS) is 10.2. The number of rotatable bonds is 4. The summed E-state index contributed by atoms with van der Waals surface area (Å²) >= 11 is 10.5. The predicted octanol–water partition coefficient (Wildman–Crippen LogP) is 5.82. The van der Waals surface area contributed by atoms with Gasteiger partial charge in [-0.15, -0.1) is 0 Å². The fourth-order valence-electron chi connectivity index (χ4n) is 2.80. The Morgan fingerprint density at radius 1 is 0.394 bits per heavy atom. The third-order valence-corrected chi connectivity index (χ3v) is 10.8. The second-order valence-corrected chi connectivity index (χ2v) is 13.8. The van der Waals surface area contributed by atoms with Gasteiger partial charge in [0.25, 0.3) is 0 Å². The Kier molecular flexibility index (Phi) is 14.4. The van der Waals surface area contributed by atoms with E-state index < -0.39 is 12.7 Å². The third kappa shape index (κ3) is 8.53. The van der Waals surface area contributed by atoms with E-state index in [4.69, 9.17) is 24.5 Å². The summed E-state index contributed by atoms with van der Waals surface area (Å²) in [5, 5.41) is 2.91. The molecule has 0 saturated carbocycles. The van der Waals surface area contributed by atoms with Gasteiger partial charge in [0.1, 0.15) is 0 Å². The zero-order valence-electron chi connectivity index (χ0n) is 16.6. The summed E-state index contributed by atoms with van der Waals surface area (Å²) in [5.74, 6) is 0. The smallest absolute Gasteiger partial charge is 0.708 e. The van der Waals surface area contributed by atoms with Crippen molar-refractivity contribution in [3.8, 4) is 0 Å². The van der Waals surface area contributed by atoms with E-state index in [1.807, 2.05) is 121 Å². The van der Waals surface area contributed by atoms with Crippen LogP contribution in [0.15, 0.2) is 121 Å². The van der Waals surface area contributed by atoms with Crippen LogP contribution in [0.5, 0.6) is 0 Å². The first-order valence-electron chi connectivity index (χ1n) is 9.27. The molecule has 2 radical (unpaired) electrons. The maximum atomic E-state index is 12.4. The van der Waals surface area contributed by atoms with Crippen LogP contribution in [0.25, 0.3) is 0 Å². The molecule has 4 rings (SSSR count). The quantitative estimate of drug-likeness (QED) is 0.165. The van der Waals surface area contributed by atoms with Crippen LogP contribution < -0.4 is 21.2 Å². The Hall–Kier alpha value is -1.16. The first-order valence-corrected chi connectivity index (χ1v) is 14.7. The minimum absolute atomic E-state index is 0. The Balaban J connectivity index is 0.000000569. The Labute approximate surface area is 226 Å². The maximum absolute atomic E-state index is 12.4. The minimum Gasteiger partial charge on any atom is -0.708 e. The first-order chi connectivity index (χ1) is 14.4. The predicted molar refractivity (Wildman–Crippen MR) is 153 cm³/mol. The van der Waals surface area contributed by atoms with Gasteiger partial charge in [-0.2, -0.15) is 0 Å². The molecule has 4 aromatic rings. The van der Waals surface area contributed by atoms with Gasteiger partial charge in [-0.1, -0.05) is 136 Å². The molecule has 0 fully saturated rings. The van der Waals surface area contributed by atoms with Gasteiger partial charge in [0, 0.05) is 12.7 Å². The zero-order valence-corrected chi connectivity index (χ0v) is 22.9. The van der Waals surface area contributed by atoms with Gasteiger partial charge in [-0.3, -0.25) is 0 Å². The molecule has 33 heavy (non-hydrogen) atoms. The van der Waals surface area contributed by atoms with Crippen molar-refractivity contribution in [1.82, 2.24) is 0 Å². The summed E-state index contributed by atoms with van der Waals surface area (Å²) in [7, 11) is 0. The minimum atomic E-state index is -2.81. The number of benzene rings is 4. The van der Waals surface area contributed by atoms with Crippen molar-refractivity contribution in [3.63, 3.8) is 0 Å². The fraction of sp³-hybridized carbons (Fsp3) is 0.0769. The summed E-state index contributed by atoms with van der Waals surface area (Å²) in [5.41, 5.74) is 0. The van der Waals surface area contributed by atoms with E-state index in [-0.39, 0.29) is 38.8 Å². The molecule has 2 nitrogen and oxygen atoms in total. The molecule has 7 heteroatoms. The second kappa shape index (κ2) is 15.0. The van der Waals surface area contributed by atoms with Crippen molar-refractivity contribution < 1.29 is 9.13 Å². The molecule has 4 aromatic carbocycles. The van der Waals surface area contributed by atoms with Gasteiger partial charge in [0.15, 0.2) is 0 Å².